The van der Waals surface area contributed by atoms with Crippen molar-refractivity contribution in [1.82, 2.24) is 14.9 Å². The number of aryl methyl sites for hydroxylation is 1. The Bertz CT molecular complexity index is 595. The minimum Gasteiger partial charge on any atom is -0.507 e. The second kappa shape index (κ2) is 5.75. The second-order valence-electron chi connectivity index (χ2n) is 4.12. The normalized spacial score (nSPS) is 10.4. The van der Waals surface area contributed by atoms with Crippen LogP contribution in [0.4, 0.5) is 0 Å². The molecule has 1 heterocycles. The number of phenols is 1. The third-order valence-corrected chi connectivity index (χ3v) is 2.99. The zero-order valence-electron chi connectivity index (χ0n) is 10.4. The van der Waals surface area contributed by atoms with Gasteiger partial charge in [0.05, 0.1) is 5.56 Å². The molecule has 2 N–H and O–H groups in total. The van der Waals surface area contributed by atoms with Gasteiger partial charge in [0.2, 0.25) is 0 Å². The number of carbonyl (C=O) groups excluding carboxylic acids is 1. The maximum atomic E-state index is 11.8. The van der Waals surface area contributed by atoms with Gasteiger partial charge in [-0.05, 0) is 18.2 Å². The first kappa shape index (κ1) is 13.4. The number of nitrogens with one attached hydrogen (secondary N) is 1. The van der Waals surface area contributed by atoms with E-state index in [1.165, 1.54) is 12.1 Å². The molecule has 0 atom stereocenters. The number of carbonyl (C=O) groups is 1. The van der Waals surface area contributed by atoms with Crippen molar-refractivity contribution in [2.24, 2.45) is 7.05 Å². The first-order valence-electron chi connectivity index (χ1n) is 5.81. The monoisotopic (exact) mass is 279 g/mol. The van der Waals surface area contributed by atoms with E-state index in [1.807, 2.05) is 17.8 Å². The zero-order valence-corrected chi connectivity index (χ0v) is 11.2. The van der Waals surface area contributed by atoms with E-state index in [-0.39, 0.29) is 17.2 Å². The fourth-order valence-corrected chi connectivity index (χ4v) is 1.88. The smallest absolute Gasteiger partial charge is 0.255 e. The number of nitrogens with zero attached hydrogens (tertiary/aromatic N) is 2. The molecule has 0 radical (unpaired) electrons. The molecule has 0 bridgehead atoms. The maximum Gasteiger partial charge on any atom is 0.255 e. The Kier molecular flexibility index (Phi) is 4.06. The number of benzene rings is 1. The third-order valence-electron chi connectivity index (χ3n) is 2.76. The molecule has 100 valence electrons. The molecule has 1 aromatic carbocycles. The van der Waals surface area contributed by atoms with Crippen LogP contribution in [-0.2, 0) is 13.5 Å². The van der Waals surface area contributed by atoms with Crippen molar-refractivity contribution < 1.29 is 9.90 Å². The van der Waals surface area contributed by atoms with Crippen molar-refractivity contribution in [2.45, 2.75) is 6.42 Å². The number of phenolic OH excluding ortho intramolecular Hbond substituents is 1. The summed E-state index contributed by atoms with van der Waals surface area (Å²) in [5, 5.41) is 12.7. The van der Waals surface area contributed by atoms with Crippen molar-refractivity contribution in [1.29, 1.82) is 0 Å². The summed E-state index contributed by atoms with van der Waals surface area (Å²) in [5.74, 6) is 0.436. The van der Waals surface area contributed by atoms with E-state index in [4.69, 9.17) is 11.6 Å². The predicted molar refractivity (Wildman–Crippen MR) is 72.4 cm³/mol. The van der Waals surface area contributed by atoms with Crippen molar-refractivity contribution in [3.05, 3.63) is 47.0 Å². The molecule has 1 amide bonds. The molecule has 2 aromatic rings. The van der Waals surface area contributed by atoms with E-state index in [9.17, 15) is 9.90 Å². The average molecular weight is 280 g/mol. The summed E-state index contributed by atoms with van der Waals surface area (Å²) in [7, 11) is 1.90. The van der Waals surface area contributed by atoms with Crippen molar-refractivity contribution >= 4 is 17.5 Å². The van der Waals surface area contributed by atoms with Crippen molar-refractivity contribution in [3.8, 4) is 5.75 Å². The highest BCUT2D eigenvalue weighted by atomic mass is 35.5. The molecule has 0 aliphatic heterocycles. The van der Waals surface area contributed by atoms with Crippen molar-refractivity contribution in [3.63, 3.8) is 0 Å². The van der Waals surface area contributed by atoms with Gasteiger partial charge in [-0.1, -0.05) is 11.6 Å². The van der Waals surface area contributed by atoms with Crippen molar-refractivity contribution in [2.75, 3.05) is 6.54 Å². The lowest BCUT2D eigenvalue weighted by Crippen LogP contribution is -2.26. The minimum atomic E-state index is -0.330. The Balaban J connectivity index is 1.93. The summed E-state index contributed by atoms with van der Waals surface area (Å²) in [6.07, 6.45) is 4.19. The van der Waals surface area contributed by atoms with Crippen LogP contribution < -0.4 is 5.32 Å². The molecule has 2 rings (SSSR count). The van der Waals surface area contributed by atoms with Gasteiger partial charge in [-0.3, -0.25) is 4.79 Å². The predicted octanol–water partition coefficient (Wildman–Crippen LogP) is 1.75. The quantitative estimate of drug-likeness (QED) is 0.896. The van der Waals surface area contributed by atoms with Crippen LogP contribution in [0.25, 0.3) is 0 Å². The molecule has 0 saturated carbocycles. The van der Waals surface area contributed by atoms with Gasteiger partial charge in [-0.15, -0.1) is 0 Å². The van der Waals surface area contributed by atoms with Crippen LogP contribution in [0.15, 0.2) is 30.6 Å². The molecule has 0 unspecified atom stereocenters. The molecular weight excluding hydrogens is 266 g/mol. The molecule has 0 aliphatic rings. The summed E-state index contributed by atoms with van der Waals surface area (Å²) in [6.45, 7) is 0.450. The zero-order chi connectivity index (χ0) is 13.8. The second-order valence-corrected chi connectivity index (χ2v) is 4.56. The molecule has 0 fully saturated rings. The number of imidazole rings is 1. The number of aromatic hydroxyl groups is 1. The fraction of sp³-hybridized carbons (Fsp3) is 0.231. The van der Waals surface area contributed by atoms with E-state index >= 15 is 0 Å². The summed E-state index contributed by atoms with van der Waals surface area (Å²) in [5.41, 5.74) is 0.212. The fourth-order valence-electron chi connectivity index (χ4n) is 1.72. The highest BCUT2D eigenvalue weighted by Crippen LogP contribution is 2.21. The Labute approximate surface area is 115 Å². The van der Waals surface area contributed by atoms with E-state index in [0.29, 0.717) is 18.0 Å². The van der Waals surface area contributed by atoms with E-state index in [1.54, 1.807) is 12.3 Å². The highest BCUT2D eigenvalue weighted by Gasteiger charge is 2.11. The van der Waals surface area contributed by atoms with Crippen LogP contribution in [0, 0.1) is 0 Å². The number of rotatable bonds is 4. The molecule has 1 aromatic heterocycles. The van der Waals surface area contributed by atoms with Gasteiger partial charge >= 0.3 is 0 Å². The van der Waals surface area contributed by atoms with Gasteiger partial charge in [0, 0.05) is 37.4 Å². The van der Waals surface area contributed by atoms with Gasteiger partial charge in [0.15, 0.2) is 0 Å². The molecule has 6 heteroatoms. The third kappa shape index (κ3) is 3.26. The minimum absolute atomic E-state index is 0.123. The molecular formula is C13H14ClN3O2. The van der Waals surface area contributed by atoms with Crippen LogP contribution in [0.1, 0.15) is 16.2 Å². The first-order chi connectivity index (χ1) is 9.08. The summed E-state index contributed by atoms with van der Waals surface area (Å²) in [6, 6.07) is 4.40. The van der Waals surface area contributed by atoms with E-state index < -0.39 is 0 Å². The van der Waals surface area contributed by atoms with Gasteiger partial charge in [-0.25, -0.2) is 4.98 Å². The lowest BCUT2D eigenvalue weighted by molar-refractivity contribution is 0.0951. The largest absolute Gasteiger partial charge is 0.507 e. The van der Waals surface area contributed by atoms with Crippen LogP contribution >= 0.6 is 11.6 Å². The Morgan fingerprint density at radius 3 is 2.95 bits per heavy atom. The Morgan fingerprint density at radius 2 is 2.32 bits per heavy atom. The molecule has 0 aliphatic carbocycles. The average Bonchev–Trinajstić information content (AvgIpc) is 2.75. The Morgan fingerprint density at radius 1 is 1.53 bits per heavy atom. The number of hydrogen-bond acceptors (Lipinski definition) is 3. The van der Waals surface area contributed by atoms with E-state index in [2.05, 4.69) is 10.3 Å². The van der Waals surface area contributed by atoms with Crippen LogP contribution in [-0.4, -0.2) is 27.1 Å². The van der Waals surface area contributed by atoms with Gasteiger partial charge in [0.1, 0.15) is 11.6 Å². The molecule has 5 nitrogen and oxygen atoms in total. The summed E-state index contributed by atoms with van der Waals surface area (Å²) in [4.78, 5) is 16.0. The number of amides is 1. The summed E-state index contributed by atoms with van der Waals surface area (Å²) < 4.78 is 1.89. The first-order valence-corrected chi connectivity index (χ1v) is 6.18. The number of halogens is 1. The summed E-state index contributed by atoms with van der Waals surface area (Å²) >= 11 is 5.71. The SMILES string of the molecule is Cn1ccnc1CCNC(=O)c1ccc(Cl)cc1O. The van der Waals surface area contributed by atoms with Crippen LogP contribution in [0.2, 0.25) is 5.02 Å². The molecule has 0 saturated heterocycles. The van der Waals surface area contributed by atoms with E-state index in [0.717, 1.165) is 5.82 Å². The van der Waals surface area contributed by atoms with Crippen LogP contribution in [0.5, 0.6) is 5.75 Å². The topological polar surface area (TPSA) is 67.2 Å². The standard InChI is InChI=1S/C13H14ClN3O2/c1-17-7-6-15-12(17)4-5-16-13(19)10-3-2-9(14)8-11(10)18/h2-3,6-8,18H,4-5H2,1H3,(H,16,19). The van der Waals surface area contributed by atoms with Gasteiger partial charge in [-0.2, -0.15) is 0 Å². The number of aromatic nitrogens is 2. The van der Waals surface area contributed by atoms with Gasteiger partial charge in [0.25, 0.3) is 5.91 Å². The lowest BCUT2D eigenvalue weighted by Gasteiger charge is -2.07. The van der Waals surface area contributed by atoms with Gasteiger partial charge < -0.3 is 15.0 Å². The Hall–Kier alpha value is -2.01. The highest BCUT2D eigenvalue weighted by molar-refractivity contribution is 6.30. The molecule has 19 heavy (non-hydrogen) atoms. The van der Waals surface area contributed by atoms with Crippen LogP contribution in [0.3, 0.4) is 0 Å². The maximum absolute atomic E-state index is 11.8. The molecule has 0 spiro atoms. The lowest BCUT2D eigenvalue weighted by atomic mass is 10.2. The number of hydrogen-bond donors (Lipinski definition) is 2.